The van der Waals surface area contributed by atoms with Gasteiger partial charge < -0.3 is 15.5 Å². The Labute approximate surface area is 118 Å². The zero-order valence-corrected chi connectivity index (χ0v) is 12.5. The molecule has 2 saturated heterocycles. The first-order valence-electron chi connectivity index (χ1n) is 6.98. The molecule has 2 aliphatic rings. The predicted octanol–water partition coefficient (Wildman–Crippen LogP) is 0.0645. The molecule has 0 aromatic carbocycles. The molecular weight excluding hydrogens is 262 g/mol. The molecule has 19 heavy (non-hydrogen) atoms. The van der Waals surface area contributed by atoms with E-state index < -0.39 is 0 Å². The van der Waals surface area contributed by atoms with Gasteiger partial charge in [0.2, 0.25) is 11.8 Å². The second-order valence-corrected chi connectivity index (χ2v) is 6.65. The lowest BCUT2D eigenvalue weighted by atomic mass is 9.99. The van der Waals surface area contributed by atoms with E-state index in [9.17, 15) is 9.59 Å². The van der Waals surface area contributed by atoms with Crippen molar-refractivity contribution in [1.29, 1.82) is 0 Å². The highest BCUT2D eigenvalue weighted by Gasteiger charge is 2.35. The minimum atomic E-state index is -0.308. The SMILES string of the molecule is CC(C)C1C(=O)NCCN1C(=O)CC1CSCCN1. The lowest BCUT2D eigenvalue weighted by molar-refractivity contribution is -0.145. The molecule has 2 N–H and O–H groups in total. The van der Waals surface area contributed by atoms with Gasteiger partial charge in [-0.2, -0.15) is 11.8 Å². The van der Waals surface area contributed by atoms with Crippen LogP contribution in [0.15, 0.2) is 0 Å². The van der Waals surface area contributed by atoms with Crippen LogP contribution in [0.1, 0.15) is 20.3 Å². The standard InChI is InChI=1S/C13H23N3O2S/c1-9(2)12-13(18)15-3-5-16(12)11(17)7-10-8-19-6-4-14-10/h9-10,12,14H,3-8H2,1-2H3,(H,15,18). The van der Waals surface area contributed by atoms with Crippen LogP contribution >= 0.6 is 11.8 Å². The van der Waals surface area contributed by atoms with Crippen LogP contribution in [0.5, 0.6) is 0 Å². The highest BCUT2D eigenvalue weighted by atomic mass is 32.2. The molecule has 108 valence electrons. The maximum absolute atomic E-state index is 12.4. The van der Waals surface area contributed by atoms with Crippen LogP contribution in [0.2, 0.25) is 0 Å². The van der Waals surface area contributed by atoms with Gasteiger partial charge in [-0.15, -0.1) is 0 Å². The third kappa shape index (κ3) is 3.63. The maximum Gasteiger partial charge on any atom is 0.243 e. The van der Waals surface area contributed by atoms with Crippen molar-refractivity contribution in [3.63, 3.8) is 0 Å². The molecule has 2 fully saturated rings. The largest absolute Gasteiger partial charge is 0.353 e. The zero-order chi connectivity index (χ0) is 13.8. The van der Waals surface area contributed by atoms with Crippen molar-refractivity contribution < 1.29 is 9.59 Å². The van der Waals surface area contributed by atoms with Crippen molar-refractivity contribution in [1.82, 2.24) is 15.5 Å². The van der Waals surface area contributed by atoms with Gasteiger partial charge in [-0.3, -0.25) is 9.59 Å². The third-order valence-corrected chi connectivity index (χ3v) is 4.76. The monoisotopic (exact) mass is 285 g/mol. The number of piperazine rings is 1. The molecule has 0 saturated carbocycles. The van der Waals surface area contributed by atoms with Gasteiger partial charge >= 0.3 is 0 Å². The van der Waals surface area contributed by atoms with E-state index in [0.717, 1.165) is 18.1 Å². The van der Waals surface area contributed by atoms with Crippen LogP contribution < -0.4 is 10.6 Å². The lowest BCUT2D eigenvalue weighted by Gasteiger charge is -2.38. The molecule has 0 aromatic rings. The molecule has 2 atom stereocenters. The molecule has 0 radical (unpaired) electrons. The van der Waals surface area contributed by atoms with E-state index in [0.29, 0.717) is 19.5 Å². The van der Waals surface area contributed by atoms with Crippen LogP contribution in [-0.2, 0) is 9.59 Å². The molecule has 5 nitrogen and oxygen atoms in total. The normalized spacial score (nSPS) is 28.4. The van der Waals surface area contributed by atoms with Gasteiger partial charge in [0.1, 0.15) is 6.04 Å². The van der Waals surface area contributed by atoms with Gasteiger partial charge in [0.05, 0.1) is 0 Å². The highest BCUT2D eigenvalue weighted by molar-refractivity contribution is 7.99. The van der Waals surface area contributed by atoms with Crippen molar-refractivity contribution in [2.45, 2.75) is 32.4 Å². The second-order valence-electron chi connectivity index (χ2n) is 5.50. The van der Waals surface area contributed by atoms with Crippen molar-refractivity contribution in [2.75, 3.05) is 31.1 Å². The summed E-state index contributed by atoms with van der Waals surface area (Å²) in [5.41, 5.74) is 0. The number of carbonyl (C=O) groups excluding carboxylic acids is 2. The molecular formula is C13H23N3O2S. The molecule has 2 amide bonds. The fourth-order valence-corrected chi connectivity index (χ4v) is 3.66. The quantitative estimate of drug-likeness (QED) is 0.770. The average Bonchev–Trinajstić information content (AvgIpc) is 2.39. The Hall–Kier alpha value is -0.750. The number of rotatable bonds is 3. The number of amides is 2. The number of hydrogen-bond acceptors (Lipinski definition) is 4. The Morgan fingerprint density at radius 3 is 2.89 bits per heavy atom. The summed E-state index contributed by atoms with van der Waals surface area (Å²) >= 11 is 1.89. The molecule has 2 unspecified atom stereocenters. The van der Waals surface area contributed by atoms with E-state index in [4.69, 9.17) is 0 Å². The summed E-state index contributed by atoms with van der Waals surface area (Å²) in [6.45, 7) is 6.15. The summed E-state index contributed by atoms with van der Waals surface area (Å²) in [6, 6.07) is -0.0541. The number of nitrogens with one attached hydrogen (secondary N) is 2. The van der Waals surface area contributed by atoms with Crippen LogP contribution in [-0.4, -0.2) is 59.9 Å². The summed E-state index contributed by atoms with van der Waals surface area (Å²) in [7, 11) is 0. The molecule has 6 heteroatoms. The van der Waals surface area contributed by atoms with Crippen molar-refractivity contribution in [3.8, 4) is 0 Å². The number of nitrogens with zero attached hydrogens (tertiary/aromatic N) is 1. The molecule has 2 heterocycles. The highest BCUT2D eigenvalue weighted by Crippen LogP contribution is 2.17. The van der Waals surface area contributed by atoms with E-state index in [1.165, 1.54) is 0 Å². The fraction of sp³-hybridized carbons (Fsp3) is 0.846. The lowest BCUT2D eigenvalue weighted by Crippen LogP contribution is -2.60. The van der Waals surface area contributed by atoms with Crippen LogP contribution in [0, 0.1) is 5.92 Å². The van der Waals surface area contributed by atoms with Gasteiger partial charge in [0, 0.05) is 43.6 Å². The first-order valence-corrected chi connectivity index (χ1v) is 8.13. The molecule has 2 rings (SSSR count). The Bertz CT molecular complexity index is 343. The van der Waals surface area contributed by atoms with E-state index in [2.05, 4.69) is 10.6 Å². The van der Waals surface area contributed by atoms with Crippen molar-refractivity contribution in [3.05, 3.63) is 0 Å². The number of thioether (sulfide) groups is 1. The summed E-state index contributed by atoms with van der Waals surface area (Å²) in [5, 5.41) is 6.22. The van der Waals surface area contributed by atoms with E-state index >= 15 is 0 Å². The molecule has 0 spiro atoms. The first kappa shape index (κ1) is 14.7. The smallest absolute Gasteiger partial charge is 0.243 e. The molecule has 2 aliphatic heterocycles. The van der Waals surface area contributed by atoms with Gasteiger partial charge in [-0.1, -0.05) is 13.8 Å². The van der Waals surface area contributed by atoms with E-state index in [-0.39, 0.29) is 29.8 Å². The molecule has 0 aliphatic carbocycles. The van der Waals surface area contributed by atoms with E-state index in [1.54, 1.807) is 4.90 Å². The second kappa shape index (κ2) is 6.61. The van der Waals surface area contributed by atoms with Gasteiger partial charge in [-0.25, -0.2) is 0 Å². The predicted molar refractivity (Wildman–Crippen MR) is 77.1 cm³/mol. The number of hydrogen-bond donors (Lipinski definition) is 2. The minimum absolute atomic E-state index is 0.0134. The Balaban J connectivity index is 1.97. The maximum atomic E-state index is 12.4. The summed E-state index contributed by atoms with van der Waals surface area (Å²) in [4.78, 5) is 26.1. The average molecular weight is 285 g/mol. The minimum Gasteiger partial charge on any atom is -0.353 e. The summed E-state index contributed by atoms with van der Waals surface area (Å²) in [5.74, 6) is 2.34. The fourth-order valence-electron chi connectivity index (χ4n) is 2.71. The van der Waals surface area contributed by atoms with Crippen LogP contribution in [0.3, 0.4) is 0 Å². The third-order valence-electron chi connectivity index (χ3n) is 3.63. The van der Waals surface area contributed by atoms with Gasteiger partial charge in [0.15, 0.2) is 0 Å². The van der Waals surface area contributed by atoms with Crippen molar-refractivity contribution >= 4 is 23.6 Å². The number of carbonyl (C=O) groups is 2. The zero-order valence-electron chi connectivity index (χ0n) is 11.6. The summed E-state index contributed by atoms with van der Waals surface area (Å²) < 4.78 is 0. The van der Waals surface area contributed by atoms with Crippen LogP contribution in [0.25, 0.3) is 0 Å². The Kier molecular flexibility index (Phi) is 5.10. The molecule has 0 aromatic heterocycles. The van der Waals surface area contributed by atoms with E-state index in [1.807, 2.05) is 25.6 Å². The van der Waals surface area contributed by atoms with Gasteiger partial charge in [-0.05, 0) is 5.92 Å². The topological polar surface area (TPSA) is 61.4 Å². The molecule has 0 bridgehead atoms. The summed E-state index contributed by atoms with van der Waals surface area (Å²) in [6.07, 6.45) is 0.503. The first-order chi connectivity index (χ1) is 9.09. The Morgan fingerprint density at radius 2 is 2.26 bits per heavy atom. The van der Waals surface area contributed by atoms with Gasteiger partial charge in [0.25, 0.3) is 0 Å². The Morgan fingerprint density at radius 1 is 1.47 bits per heavy atom. The van der Waals surface area contributed by atoms with Crippen molar-refractivity contribution in [2.24, 2.45) is 5.92 Å². The van der Waals surface area contributed by atoms with Crippen LogP contribution in [0.4, 0.5) is 0 Å².